The zero-order chi connectivity index (χ0) is 43.7. The Morgan fingerprint density at radius 2 is 0.617 bits per heavy atom. The van der Waals surface area contributed by atoms with Gasteiger partial charge in [-0.1, -0.05) is 198 Å². The highest BCUT2D eigenvalue weighted by atomic mass is 16.6. The molecule has 1 atom stereocenters. The SMILES string of the molecule is CCCC/C=C\CCCCCCC(=O)OCC(COC(=O)CCCCCCCCCCCC/C=C\C=C/CCCCC)OC(=O)CCCCC/C=C\CCCCCCCC. The van der Waals surface area contributed by atoms with Crippen molar-refractivity contribution in [3.05, 3.63) is 48.6 Å². The van der Waals surface area contributed by atoms with Crippen molar-refractivity contribution in [1.82, 2.24) is 0 Å². The van der Waals surface area contributed by atoms with E-state index in [1.807, 2.05) is 0 Å². The van der Waals surface area contributed by atoms with E-state index in [1.54, 1.807) is 0 Å². The van der Waals surface area contributed by atoms with Gasteiger partial charge in [-0.2, -0.15) is 0 Å². The van der Waals surface area contributed by atoms with Crippen LogP contribution < -0.4 is 0 Å². The van der Waals surface area contributed by atoms with Crippen molar-refractivity contribution in [2.75, 3.05) is 13.2 Å². The molecule has 348 valence electrons. The molecule has 0 aliphatic heterocycles. The molecule has 0 radical (unpaired) electrons. The lowest BCUT2D eigenvalue weighted by Gasteiger charge is -2.18. The standard InChI is InChI=1S/C54H96O6/c1-4-7-10-13-16-19-22-24-25-26-27-28-29-31-32-35-38-41-44-47-53(56)59-50-51(49-58-52(55)46-43-40-37-34-21-18-15-12-9-6-3)60-54(57)48-45-42-39-36-33-30-23-20-17-14-11-8-5-2/h15-16,18-19,22,24,30,33,51H,4-14,17,20-21,23,25-29,31-32,34-50H2,1-3H3/b18-15-,19-16-,24-22-,33-30-. The summed E-state index contributed by atoms with van der Waals surface area (Å²) in [6.45, 7) is 6.54. The van der Waals surface area contributed by atoms with Crippen LogP contribution in [0.1, 0.15) is 258 Å². The van der Waals surface area contributed by atoms with E-state index in [1.165, 1.54) is 128 Å². The minimum absolute atomic E-state index is 0.0838. The molecule has 0 spiro atoms. The predicted octanol–water partition coefficient (Wildman–Crippen LogP) is 16.7. The number of rotatable bonds is 46. The summed E-state index contributed by atoms with van der Waals surface area (Å²) in [5.74, 6) is -0.913. The molecule has 0 fully saturated rings. The molecule has 0 bridgehead atoms. The molecular weight excluding hydrogens is 745 g/mol. The first-order chi connectivity index (χ1) is 29.5. The van der Waals surface area contributed by atoms with E-state index in [-0.39, 0.29) is 31.1 Å². The average molecular weight is 841 g/mol. The number of carbonyl (C=O) groups excluding carboxylic acids is 3. The maximum absolute atomic E-state index is 12.7. The molecule has 0 aliphatic carbocycles. The van der Waals surface area contributed by atoms with E-state index in [2.05, 4.69) is 69.4 Å². The highest BCUT2D eigenvalue weighted by molar-refractivity contribution is 5.71. The molecule has 0 N–H and O–H groups in total. The molecule has 60 heavy (non-hydrogen) atoms. The van der Waals surface area contributed by atoms with Crippen LogP contribution in [0.4, 0.5) is 0 Å². The normalized spacial score (nSPS) is 12.4. The third-order valence-corrected chi connectivity index (χ3v) is 11.1. The molecule has 0 aromatic carbocycles. The molecule has 1 unspecified atom stereocenters. The lowest BCUT2D eigenvalue weighted by Crippen LogP contribution is -2.30. The molecule has 0 saturated heterocycles. The Hall–Kier alpha value is -2.63. The van der Waals surface area contributed by atoms with Crippen molar-refractivity contribution >= 4 is 17.9 Å². The Labute approximate surface area is 371 Å². The van der Waals surface area contributed by atoms with Crippen molar-refractivity contribution in [3.8, 4) is 0 Å². The predicted molar refractivity (Wildman–Crippen MR) is 256 cm³/mol. The highest BCUT2D eigenvalue weighted by Crippen LogP contribution is 2.14. The first-order valence-corrected chi connectivity index (χ1v) is 25.7. The summed E-state index contributed by atoms with van der Waals surface area (Å²) in [7, 11) is 0. The van der Waals surface area contributed by atoms with Crippen LogP contribution in [0.25, 0.3) is 0 Å². The Morgan fingerprint density at radius 3 is 1.03 bits per heavy atom. The molecule has 0 rings (SSSR count). The summed E-state index contributed by atoms with van der Waals surface area (Å²) in [6.07, 6.45) is 58.1. The highest BCUT2D eigenvalue weighted by Gasteiger charge is 2.19. The van der Waals surface area contributed by atoms with Gasteiger partial charge in [-0.05, 0) is 89.9 Å². The van der Waals surface area contributed by atoms with Crippen LogP contribution in [0, 0.1) is 0 Å². The quantitative estimate of drug-likeness (QED) is 0.0200. The van der Waals surface area contributed by atoms with Gasteiger partial charge in [0.1, 0.15) is 13.2 Å². The van der Waals surface area contributed by atoms with Gasteiger partial charge in [0.25, 0.3) is 0 Å². The summed E-state index contributed by atoms with van der Waals surface area (Å²) >= 11 is 0. The van der Waals surface area contributed by atoms with Gasteiger partial charge in [0.15, 0.2) is 6.10 Å². The lowest BCUT2D eigenvalue weighted by atomic mass is 10.1. The van der Waals surface area contributed by atoms with Crippen LogP contribution in [0.3, 0.4) is 0 Å². The van der Waals surface area contributed by atoms with Crippen molar-refractivity contribution in [3.63, 3.8) is 0 Å². The maximum Gasteiger partial charge on any atom is 0.306 e. The van der Waals surface area contributed by atoms with Crippen LogP contribution in [-0.2, 0) is 28.6 Å². The number of hydrogen-bond acceptors (Lipinski definition) is 6. The van der Waals surface area contributed by atoms with Crippen molar-refractivity contribution in [1.29, 1.82) is 0 Å². The van der Waals surface area contributed by atoms with Gasteiger partial charge in [-0.25, -0.2) is 0 Å². The van der Waals surface area contributed by atoms with E-state index in [0.29, 0.717) is 19.3 Å². The number of allylic oxidation sites excluding steroid dienone is 8. The zero-order valence-electron chi connectivity index (χ0n) is 39.7. The average Bonchev–Trinajstić information content (AvgIpc) is 3.24. The van der Waals surface area contributed by atoms with Gasteiger partial charge in [0, 0.05) is 19.3 Å². The third kappa shape index (κ3) is 46.4. The van der Waals surface area contributed by atoms with Gasteiger partial charge in [0.05, 0.1) is 0 Å². The number of hydrogen-bond donors (Lipinski definition) is 0. The van der Waals surface area contributed by atoms with Crippen LogP contribution in [0.2, 0.25) is 0 Å². The molecular formula is C54H96O6. The fourth-order valence-corrected chi connectivity index (χ4v) is 7.11. The summed E-state index contributed by atoms with van der Waals surface area (Å²) in [5.41, 5.74) is 0. The van der Waals surface area contributed by atoms with E-state index in [9.17, 15) is 14.4 Å². The molecule has 6 heteroatoms. The van der Waals surface area contributed by atoms with Gasteiger partial charge in [0.2, 0.25) is 0 Å². The van der Waals surface area contributed by atoms with Gasteiger partial charge in [-0.15, -0.1) is 0 Å². The fourth-order valence-electron chi connectivity index (χ4n) is 7.11. The number of ether oxygens (including phenoxy) is 3. The van der Waals surface area contributed by atoms with Gasteiger partial charge in [-0.3, -0.25) is 14.4 Å². The maximum atomic E-state index is 12.7. The molecule has 0 aliphatic rings. The molecule has 0 aromatic heterocycles. The molecule has 6 nitrogen and oxygen atoms in total. The molecule has 0 saturated carbocycles. The monoisotopic (exact) mass is 841 g/mol. The summed E-state index contributed by atoms with van der Waals surface area (Å²) in [4.78, 5) is 37.9. The fraction of sp³-hybridized carbons (Fsp3) is 0.796. The van der Waals surface area contributed by atoms with Gasteiger partial charge < -0.3 is 14.2 Å². The summed E-state index contributed by atoms with van der Waals surface area (Å²) < 4.78 is 16.7. The Bertz CT molecular complexity index is 1060. The lowest BCUT2D eigenvalue weighted by molar-refractivity contribution is -0.167. The van der Waals surface area contributed by atoms with Crippen LogP contribution >= 0.6 is 0 Å². The van der Waals surface area contributed by atoms with E-state index in [4.69, 9.17) is 14.2 Å². The van der Waals surface area contributed by atoms with Crippen LogP contribution in [-0.4, -0.2) is 37.2 Å². The number of carbonyl (C=O) groups is 3. The first-order valence-electron chi connectivity index (χ1n) is 25.7. The van der Waals surface area contributed by atoms with E-state index >= 15 is 0 Å². The third-order valence-electron chi connectivity index (χ3n) is 11.1. The van der Waals surface area contributed by atoms with Crippen LogP contribution in [0.5, 0.6) is 0 Å². The van der Waals surface area contributed by atoms with E-state index < -0.39 is 6.10 Å². The molecule has 0 amide bonds. The first kappa shape index (κ1) is 57.4. The summed E-state index contributed by atoms with van der Waals surface area (Å²) in [6, 6.07) is 0. The minimum atomic E-state index is -0.784. The number of unbranched alkanes of at least 4 members (excludes halogenated alkanes) is 28. The van der Waals surface area contributed by atoms with Gasteiger partial charge >= 0.3 is 17.9 Å². The van der Waals surface area contributed by atoms with Crippen molar-refractivity contribution in [2.45, 2.75) is 264 Å². The van der Waals surface area contributed by atoms with Crippen molar-refractivity contribution < 1.29 is 28.6 Å². The summed E-state index contributed by atoms with van der Waals surface area (Å²) in [5, 5.41) is 0. The second-order valence-corrected chi connectivity index (χ2v) is 17.1. The largest absolute Gasteiger partial charge is 0.462 e. The Morgan fingerprint density at radius 1 is 0.333 bits per heavy atom. The second-order valence-electron chi connectivity index (χ2n) is 17.1. The number of esters is 3. The topological polar surface area (TPSA) is 78.9 Å². The molecule has 0 aromatic rings. The minimum Gasteiger partial charge on any atom is -0.462 e. The Kier molecular flexibility index (Phi) is 46.9. The zero-order valence-corrected chi connectivity index (χ0v) is 39.7. The second kappa shape index (κ2) is 49.0. The Balaban J connectivity index is 4.33. The van der Waals surface area contributed by atoms with Crippen LogP contribution in [0.15, 0.2) is 48.6 Å². The van der Waals surface area contributed by atoms with Crippen molar-refractivity contribution in [2.24, 2.45) is 0 Å². The van der Waals surface area contributed by atoms with E-state index in [0.717, 1.165) is 89.9 Å². The smallest absolute Gasteiger partial charge is 0.306 e. The molecule has 0 heterocycles.